The summed E-state index contributed by atoms with van der Waals surface area (Å²) in [6.45, 7) is 5.05. The average Bonchev–Trinajstić information content (AvgIpc) is 2.83. The number of carbonyl (C=O) groups excluding carboxylic acids is 1. The van der Waals surface area contributed by atoms with E-state index in [2.05, 4.69) is 10.6 Å². The standard InChI is InChI=1S/C26H28N2O3/c1-18(22-13-14-23-24(17-22)31-16-15-30-23)27-19(2)26(29)28-25(20-9-5-3-6-10-20)21-11-7-4-8-12-21/h3-14,17-19,25,27H,15-16H2,1-2H3,(H,28,29)/t18-,19-/m0/s1. The van der Waals surface area contributed by atoms with Crippen LogP contribution in [0, 0.1) is 0 Å². The number of nitrogens with one attached hydrogen (secondary N) is 2. The fourth-order valence-electron chi connectivity index (χ4n) is 3.79. The monoisotopic (exact) mass is 416 g/mol. The predicted molar refractivity (Wildman–Crippen MR) is 121 cm³/mol. The van der Waals surface area contributed by atoms with E-state index in [1.165, 1.54) is 0 Å². The number of rotatable bonds is 7. The van der Waals surface area contributed by atoms with Gasteiger partial charge in [0.1, 0.15) is 13.2 Å². The Bertz CT molecular complexity index is 968. The topological polar surface area (TPSA) is 59.6 Å². The lowest BCUT2D eigenvalue weighted by Gasteiger charge is -2.25. The highest BCUT2D eigenvalue weighted by atomic mass is 16.6. The molecule has 0 aliphatic carbocycles. The van der Waals surface area contributed by atoms with Crippen LogP contribution in [0.3, 0.4) is 0 Å². The van der Waals surface area contributed by atoms with Gasteiger partial charge >= 0.3 is 0 Å². The molecule has 1 heterocycles. The molecule has 3 aromatic carbocycles. The molecule has 1 aliphatic heterocycles. The van der Waals surface area contributed by atoms with Gasteiger partial charge in [-0.3, -0.25) is 10.1 Å². The number of amides is 1. The SMILES string of the molecule is C[C@H](N[C@@H](C)c1ccc2c(c1)OCCO2)C(=O)NC(c1ccccc1)c1ccccc1. The molecule has 1 amide bonds. The summed E-state index contributed by atoms with van der Waals surface area (Å²) in [5, 5.41) is 6.61. The van der Waals surface area contributed by atoms with E-state index in [4.69, 9.17) is 9.47 Å². The normalized spacial score (nSPS) is 14.7. The van der Waals surface area contributed by atoms with Crippen molar-refractivity contribution in [3.8, 4) is 11.5 Å². The molecule has 0 unspecified atom stereocenters. The smallest absolute Gasteiger partial charge is 0.237 e. The first-order valence-electron chi connectivity index (χ1n) is 10.7. The van der Waals surface area contributed by atoms with Gasteiger partial charge in [-0.05, 0) is 42.7 Å². The van der Waals surface area contributed by atoms with Crippen LogP contribution in [0.4, 0.5) is 0 Å². The van der Waals surface area contributed by atoms with E-state index < -0.39 is 0 Å². The van der Waals surface area contributed by atoms with Gasteiger partial charge in [-0.2, -0.15) is 0 Å². The Balaban J connectivity index is 1.45. The Morgan fingerprint density at radius 1 is 0.774 bits per heavy atom. The molecule has 0 fully saturated rings. The molecule has 3 aromatic rings. The fraction of sp³-hybridized carbons (Fsp3) is 0.269. The minimum absolute atomic E-state index is 0.0246. The third kappa shape index (κ3) is 5.06. The summed E-state index contributed by atoms with van der Waals surface area (Å²) in [4.78, 5) is 13.1. The van der Waals surface area contributed by atoms with E-state index in [0.29, 0.717) is 13.2 Å². The predicted octanol–water partition coefficient (Wildman–Crippen LogP) is 4.40. The molecule has 160 valence electrons. The van der Waals surface area contributed by atoms with Crippen LogP contribution in [0.25, 0.3) is 0 Å². The number of benzene rings is 3. The van der Waals surface area contributed by atoms with Gasteiger partial charge in [0, 0.05) is 6.04 Å². The number of fused-ring (bicyclic) bond motifs is 1. The van der Waals surface area contributed by atoms with Crippen LogP contribution < -0.4 is 20.1 Å². The molecular weight excluding hydrogens is 388 g/mol. The molecule has 1 aliphatic rings. The molecule has 0 bridgehead atoms. The van der Waals surface area contributed by atoms with E-state index in [-0.39, 0.29) is 24.0 Å². The van der Waals surface area contributed by atoms with Crippen molar-refractivity contribution >= 4 is 5.91 Å². The van der Waals surface area contributed by atoms with Crippen LogP contribution in [-0.4, -0.2) is 25.2 Å². The third-order valence-electron chi connectivity index (χ3n) is 5.51. The molecule has 31 heavy (non-hydrogen) atoms. The van der Waals surface area contributed by atoms with Gasteiger partial charge in [0.2, 0.25) is 5.91 Å². The molecular formula is C26H28N2O3. The number of hydrogen-bond acceptors (Lipinski definition) is 4. The van der Waals surface area contributed by atoms with E-state index >= 15 is 0 Å². The van der Waals surface area contributed by atoms with Crippen molar-refractivity contribution in [1.82, 2.24) is 10.6 Å². The van der Waals surface area contributed by atoms with Gasteiger partial charge in [-0.15, -0.1) is 0 Å². The Kier molecular flexibility index (Phi) is 6.53. The number of ether oxygens (including phenoxy) is 2. The molecule has 0 saturated heterocycles. The Morgan fingerprint density at radius 3 is 1.97 bits per heavy atom. The van der Waals surface area contributed by atoms with Gasteiger partial charge in [-0.25, -0.2) is 0 Å². The van der Waals surface area contributed by atoms with Gasteiger partial charge in [0.15, 0.2) is 11.5 Å². The maximum atomic E-state index is 13.1. The summed E-state index contributed by atoms with van der Waals surface area (Å²) in [6.07, 6.45) is 0. The van der Waals surface area contributed by atoms with Crippen molar-refractivity contribution in [3.05, 3.63) is 95.6 Å². The molecule has 4 rings (SSSR count). The molecule has 2 atom stereocenters. The van der Waals surface area contributed by atoms with Crippen LogP contribution in [-0.2, 0) is 4.79 Å². The van der Waals surface area contributed by atoms with Crippen LogP contribution >= 0.6 is 0 Å². The van der Waals surface area contributed by atoms with Crippen molar-refractivity contribution in [2.75, 3.05) is 13.2 Å². The zero-order valence-electron chi connectivity index (χ0n) is 17.9. The molecule has 2 N–H and O–H groups in total. The maximum Gasteiger partial charge on any atom is 0.237 e. The van der Waals surface area contributed by atoms with Crippen LogP contribution in [0.2, 0.25) is 0 Å². The van der Waals surface area contributed by atoms with E-state index in [1.54, 1.807) is 0 Å². The lowest BCUT2D eigenvalue weighted by molar-refractivity contribution is -0.123. The van der Waals surface area contributed by atoms with Gasteiger partial charge in [-0.1, -0.05) is 66.7 Å². The number of carbonyl (C=O) groups is 1. The van der Waals surface area contributed by atoms with Gasteiger partial charge in [0.25, 0.3) is 0 Å². The van der Waals surface area contributed by atoms with Crippen molar-refractivity contribution < 1.29 is 14.3 Å². The zero-order chi connectivity index (χ0) is 21.6. The first kappa shape index (κ1) is 20.9. The van der Waals surface area contributed by atoms with Crippen LogP contribution in [0.15, 0.2) is 78.9 Å². The van der Waals surface area contributed by atoms with Crippen LogP contribution in [0.1, 0.15) is 42.6 Å². The van der Waals surface area contributed by atoms with Crippen molar-refractivity contribution in [1.29, 1.82) is 0 Å². The molecule has 0 spiro atoms. The minimum atomic E-state index is -0.377. The average molecular weight is 417 g/mol. The Hall–Kier alpha value is -3.31. The van der Waals surface area contributed by atoms with Crippen molar-refractivity contribution in [2.45, 2.75) is 32.0 Å². The lowest BCUT2D eigenvalue weighted by atomic mass is 9.98. The van der Waals surface area contributed by atoms with E-state index in [9.17, 15) is 4.79 Å². The Morgan fingerprint density at radius 2 is 1.35 bits per heavy atom. The minimum Gasteiger partial charge on any atom is -0.486 e. The second-order valence-corrected chi connectivity index (χ2v) is 7.78. The summed E-state index contributed by atoms with van der Waals surface area (Å²) in [7, 11) is 0. The highest BCUT2D eigenvalue weighted by Gasteiger charge is 2.22. The molecule has 0 radical (unpaired) electrons. The highest BCUT2D eigenvalue weighted by molar-refractivity contribution is 5.82. The summed E-state index contributed by atoms with van der Waals surface area (Å²) in [5.41, 5.74) is 3.15. The zero-order valence-corrected chi connectivity index (χ0v) is 17.9. The first-order chi connectivity index (χ1) is 15.1. The van der Waals surface area contributed by atoms with Gasteiger partial charge in [0.05, 0.1) is 12.1 Å². The molecule has 0 saturated carbocycles. The van der Waals surface area contributed by atoms with Crippen molar-refractivity contribution in [2.24, 2.45) is 0 Å². The molecule has 5 heteroatoms. The second-order valence-electron chi connectivity index (χ2n) is 7.78. The number of hydrogen-bond donors (Lipinski definition) is 2. The summed E-state index contributed by atoms with van der Waals surface area (Å²) in [5.74, 6) is 1.46. The lowest BCUT2D eigenvalue weighted by Crippen LogP contribution is -2.44. The summed E-state index contributed by atoms with van der Waals surface area (Å²) in [6, 6.07) is 25.4. The quantitative estimate of drug-likeness (QED) is 0.599. The Labute approximate surface area is 183 Å². The first-order valence-corrected chi connectivity index (χ1v) is 10.7. The van der Waals surface area contributed by atoms with E-state index in [1.807, 2.05) is 92.7 Å². The van der Waals surface area contributed by atoms with Crippen LogP contribution in [0.5, 0.6) is 11.5 Å². The second kappa shape index (κ2) is 9.67. The summed E-state index contributed by atoms with van der Waals surface area (Å²) >= 11 is 0. The van der Waals surface area contributed by atoms with Gasteiger partial charge < -0.3 is 14.8 Å². The largest absolute Gasteiger partial charge is 0.486 e. The third-order valence-corrected chi connectivity index (χ3v) is 5.51. The molecule has 5 nitrogen and oxygen atoms in total. The maximum absolute atomic E-state index is 13.1. The van der Waals surface area contributed by atoms with E-state index in [0.717, 1.165) is 28.2 Å². The molecule has 0 aromatic heterocycles. The highest BCUT2D eigenvalue weighted by Crippen LogP contribution is 2.32. The summed E-state index contributed by atoms with van der Waals surface area (Å²) < 4.78 is 11.3. The fourth-order valence-corrected chi connectivity index (χ4v) is 3.79. The van der Waals surface area contributed by atoms with Crippen molar-refractivity contribution in [3.63, 3.8) is 0 Å².